The summed E-state index contributed by atoms with van der Waals surface area (Å²) in [5.41, 5.74) is 1.59. The SMILES string of the molecule is CC(=O)NC1CCCN(C(=O)CN2CC3(CCCC3)c3c(F)cccc32)C1. The number of hydrogen-bond donors (Lipinski definition) is 1. The first-order chi connectivity index (χ1) is 13.0. The van der Waals surface area contributed by atoms with Gasteiger partial charge < -0.3 is 15.1 Å². The lowest BCUT2D eigenvalue weighted by atomic mass is 9.80. The molecular formula is C21H28FN3O2. The minimum absolute atomic E-state index is 0.0321. The Balaban J connectivity index is 1.49. The zero-order chi connectivity index (χ0) is 19.0. The van der Waals surface area contributed by atoms with Crippen molar-refractivity contribution in [2.45, 2.75) is 56.9 Å². The van der Waals surface area contributed by atoms with Crippen LogP contribution in [-0.4, -0.2) is 48.9 Å². The molecule has 1 spiro atoms. The molecule has 2 amide bonds. The smallest absolute Gasteiger partial charge is 0.242 e. The predicted molar refractivity (Wildman–Crippen MR) is 102 cm³/mol. The van der Waals surface area contributed by atoms with E-state index in [0.717, 1.165) is 62.9 Å². The van der Waals surface area contributed by atoms with Gasteiger partial charge in [-0.3, -0.25) is 9.59 Å². The number of benzene rings is 1. The molecule has 1 aromatic rings. The number of anilines is 1. The summed E-state index contributed by atoms with van der Waals surface area (Å²) in [6.07, 6.45) is 6.05. The van der Waals surface area contributed by atoms with Crippen molar-refractivity contribution in [2.75, 3.05) is 31.1 Å². The number of halogens is 1. The molecule has 1 saturated carbocycles. The molecule has 1 saturated heterocycles. The molecule has 3 aliphatic rings. The molecule has 0 bridgehead atoms. The highest BCUT2D eigenvalue weighted by Crippen LogP contribution is 2.51. The number of carbonyl (C=O) groups is 2. The molecule has 4 rings (SSSR count). The Morgan fingerprint density at radius 3 is 2.78 bits per heavy atom. The van der Waals surface area contributed by atoms with Crippen LogP contribution in [0.2, 0.25) is 0 Å². The molecule has 1 atom stereocenters. The maximum atomic E-state index is 14.7. The van der Waals surface area contributed by atoms with Gasteiger partial charge in [0.25, 0.3) is 0 Å². The minimum Gasteiger partial charge on any atom is -0.361 e. The summed E-state index contributed by atoms with van der Waals surface area (Å²) >= 11 is 0. The van der Waals surface area contributed by atoms with E-state index in [-0.39, 0.29) is 35.6 Å². The Hall–Kier alpha value is -2.11. The van der Waals surface area contributed by atoms with E-state index in [4.69, 9.17) is 0 Å². The first kappa shape index (κ1) is 18.3. The van der Waals surface area contributed by atoms with Crippen molar-refractivity contribution >= 4 is 17.5 Å². The summed E-state index contributed by atoms with van der Waals surface area (Å²) in [6, 6.07) is 5.28. The number of rotatable bonds is 3. The first-order valence-electron chi connectivity index (χ1n) is 10.1. The predicted octanol–water partition coefficient (Wildman–Crippen LogP) is 2.58. The molecule has 1 unspecified atom stereocenters. The maximum absolute atomic E-state index is 14.7. The van der Waals surface area contributed by atoms with Crippen molar-refractivity contribution in [3.63, 3.8) is 0 Å². The third kappa shape index (κ3) is 3.42. The van der Waals surface area contributed by atoms with Gasteiger partial charge in [0, 0.05) is 49.3 Å². The van der Waals surface area contributed by atoms with Gasteiger partial charge in [0.1, 0.15) is 5.82 Å². The summed E-state index contributed by atoms with van der Waals surface area (Å²) in [4.78, 5) is 28.2. The van der Waals surface area contributed by atoms with Crippen LogP contribution in [0.3, 0.4) is 0 Å². The van der Waals surface area contributed by atoms with Gasteiger partial charge in [-0.05, 0) is 37.8 Å². The summed E-state index contributed by atoms with van der Waals surface area (Å²) in [5.74, 6) is -0.121. The highest BCUT2D eigenvalue weighted by Gasteiger charge is 2.46. The number of amides is 2. The fraction of sp³-hybridized carbons (Fsp3) is 0.619. The number of piperidine rings is 1. The lowest BCUT2D eigenvalue weighted by molar-refractivity contribution is -0.132. The van der Waals surface area contributed by atoms with Gasteiger partial charge in [-0.25, -0.2) is 4.39 Å². The molecule has 0 aromatic heterocycles. The van der Waals surface area contributed by atoms with Crippen LogP contribution in [0, 0.1) is 5.82 Å². The lowest BCUT2D eigenvalue weighted by Crippen LogP contribution is -2.51. The third-order valence-corrected chi connectivity index (χ3v) is 6.42. The number of likely N-dealkylation sites (tertiary alicyclic amines) is 1. The molecule has 5 nitrogen and oxygen atoms in total. The van der Waals surface area contributed by atoms with Crippen LogP contribution in [0.1, 0.15) is 51.0 Å². The Bertz CT molecular complexity index is 745. The van der Waals surface area contributed by atoms with Crippen molar-refractivity contribution in [1.29, 1.82) is 0 Å². The fourth-order valence-electron chi connectivity index (χ4n) is 5.30. The molecule has 2 heterocycles. The molecule has 1 aromatic carbocycles. The fourth-order valence-corrected chi connectivity index (χ4v) is 5.30. The Kier molecular flexibility index (Phi) is 4.82. The lowest BCUT2D eigenvalue weighted by Gasteiger charge is -2.34. The van der Waals surface area contributed by atoms with Crippen LogP contribution < -0.4 is 10.2 Å². The second-order valence-corrected chi connectivity index (χ2v) is 8.36. The van der Waals surface area contributed by atoms with E-state index >= 15 is 0 Å². The van der Waals surface area contributed by atoms with E-state index in [1.165, 1.54) is 6.92 Å². The molecule has 2 aliphatic heterocycles. The summed E-state index contributed by atoms with van der Waals surface area (Å²) in [6.45, 7) is 3.82. The Labute approximate surface area is 159 Å². The molecule has 1 N–H and O–H groups in total. The van der Waals surface area contributed by atoms with Crippen molar-refractivity contribution in [3.8, 4) is 0 Å². The van der Waals surface area contributed by atoms with Crippen LogP contribution in [0.5, 0.6) is 0 Å². The maximum Gasteiger partial charge on any atom is 0.242 e. The number of fused-ring (bicyclic) bond motifs is 2. The monoisotopic (exact) mass is 373 g/mol. The molecule has 1 aliphatic carbocycles. The van der Waals surface area contributed by atoms with Crippen molar-refractivity contribution in [2.24, 2.45) is 0 Å². The average Bonchev–Trinajstić information content (AvgIpc) is 3.21. The molecule has 2 fully saturated rings. The zero-order valence-corrected chi connectivity index (χ0v) is 16.0. The van der Waals surface area contributed by atoms with E-state index in [1.54, 1.807) is 12.1 Å². The van der Waals surface area contributed by atoms with Gasteiger partial charge in [-0.1, -0.05) is 18.9 Å². The molecular weight excluding hydrogens is 345 g/mol. The van der Waals surface area contributed by atoms with Crippen molar-refractivity contribution < 1.29 is 14.0 Å². The van der Waals surface area contributed by atoms with Gasteiger partial charge in [0.2, 0.25) is 11.8 Å². The van der Waals surface area contributed by atoms with E-state index < -0.39 is 0 Å². The Morgan fingerprint density at radius 1 is 1.26 bits per heavy atom. The van der Waals surface area contributed by atoms with E-state index in [1.807, 2.05) is 11.0 Å². The number of hydrogen-bond acceptors (Lipinski definition) is 3. The van der Waals surface area contributed by atoms with Crippen molar-refractivity contribution in [1.82, 2.24) is 10.2 Å². The second-order valence-electron chi connectivity index (χ2n) is 8.36. The van der Waals surface area contributed by atoms with E-state index in [9.17, 15) is 14.0 Å². The average molecular weight is 373 g/mol. The van der Waals surface area contributed by atoms with E-state index in [0.29, 0.717) is 6.54 Å². The summed E-state index contributed by atoms with van der Waals surface area (Å²) < 4.78 is 14.7. The van der Waals surface area contributed by atoms with Crippen LogP contribution in [0.15, 0.2) is 18.2 Å². The molecule has 0 radical (unpaired) electrons. The summed E-state index contributed by atoms with van der Waals surface area (Å²) in [5, 5.41) is 2.93. The van der Waals surface area contributed by atoms with Gasteiger partial charge in [-0.15, -0.1) is 0 Å². The highest BCUT2D eigenvalue weighted by atomic mass is 19.1. The zero-order valence-electron chi connectivity index (χ0n) is 16.0. The quantitative estimate of drug-likeness (QED) is 0.886. The van der Waals surface area contributed by atoms with Crippen LogP contribution in [0.25, 0.3) is 0 Å². The van der Waals surface area contributed by atoms with Gasteiger partial charge >= 0.3 is 0 Å². The van der Waals surface area contributed by atoms with Gasteiger partial charge in [0.05, 0.1) is 6.54 Å². The van der Waals surface area contributed by atoms with Crippen LogP contribution in [-0.2, 0) is 15.0 Å². The first-order valence-corrected chi connectivity index (χ1v) is 10.1. The normalized spacial score (nSPS) is 23.6. The highest BCUT2D eigenvalue weighted by molar-refractivity contribution is 5.83. The molecule has 146 valence electrons. The molecule has 6 heteroatoms. The largest absolute Gasteiger partial charge is 0.361 e. The van der Waals surface area contributed by atoms with Crippen LogP contribution >= 0.6 is 0 Å². The number of nitrogens with one attached hydrogen (secondary N) is 1. The third-order valence-electron chi connectivity index (χ3n) is 6.42. The molecule has 27 heavy (non-hydrogen) atoms. The van der Waals surface area contributed by atoms with Crippen LogP contribution in [0.4, 0.5) is 10.1 Å². The number of nitrogens with zero attached hydrogens (tertiary/aromatic N) is 2. The summed E-state index contributed by atoms with van der Waals surface area (Å²) in [7, 11) is 0. The van der Waals surface area contributed by atoms with E-state index in [2.05, 4.69) is 10.2 Å². The standard InChI is InChI=1S/C21H28FN3O2/c1-15(26)23-16-6-5-11-24(12-16)19(27)13-25-14-21(9-2-3-10-21)20-17(22)7-4-8-18(20)25/h4,7-8,16H,2-3,5-6,9-14H2,1H3,(H,23,26). The van der Waals surface area contributed by atoms with Crippen molar-refractivity contribution in [3.05, 3.63) is 29.6 Å². The Morgan fingerprint density at radius 2 is 2.04 bits per heavy atom. The second kappa shape index (κ2) is 7.13. The van der Waals surface area contributed by atoms with Gasteiger partial charge in [0.15, 0.2) is 0 Å². The number of carbonyl (C=O) groups excluding carboxylic acids is 2. The topological polar surface area (TPSA) is 52.7 Å². The minimum atomic E-state index is -0.131. The van der Waals surface area contributed by atoms with Gasteiger partial charge in [-0.2, -0.15) is 0 Å².